The van der Waals surface area contributed by atoms with Gasteiger partial charge in [0.15, 0.2) is 0 Å². The fourth-order valence-corrected chi connectivity index (χ4v) is 3.02. The van der Waals surface area contributed by atoms with Crippen molar-refractivity contribution in [3.63, 3.8) is 0 Å². The molecule has 0 fully saturated rings. The topological polar surface area (TPSA) is 25.8 Å². The number of pyridine rings is 2. The van der Waals surface area contributed by atoms with Crippen LogP contribution in [0.4, 0.5) is 0 Å². The molecule has 0 aromatic carbocycles. The molecule has 2 aromatic rings. The summed E-state index contributed by atoms with van der Waals surface area (Å²) in [5, 5.41) is 0. The molecular formula is C10H8N2Te. The van der Waals surface area contributed by atoms with E-state index in [4.69, 9.17) is 0 Å². The molecule has 2 aromatic heterocycles. The van der Waals surface area contributed by atoms with Crippen LogP contribution < -0.4 is 7.48 Å². The first kappa shape index (κ1) is 8.68. The van der Waals surface area contributed by atoms with E-state index in [1.54, 1.807) is 0 Å². The van der Waals surface area contributed by atoms with Crippen LogP contribution in [-0.2, 0) is 0 Å². The Kier molecular flexibility index (Phi) is 2.91. The van der Waals surface area contributed by atoms with E-state index in [0.717, 1.165) is 0 Å². The molecule has 0 saturated heterocycles. The van der Waals surface area contributed by atoms with E-state index in [1.807, 2.05) is 36.7 Å². The van der Waals surface area contributed by atoms with Crippen LogP contribution in [0, 0.1) is 0 Å². The molecule has 2 heterocycles. The van der Waals surface area contributed by atoms with Crippen molar-refractivity contribution in [3.05, 3.63) is 48.8 Å². The quantitative estimate of drug-likeness (QED) is 0.733. The third-order valence-electron chi connectivity index (χ3n) is 1.48. The summed E-state index contributed by atoms with van der Waals surface area (Å²) in [6.45, 7) is 0. The molecule has 0 N–H and O–H groups in total. The molecule has 2 rings (SSSR count). The fraction of sp³-hybridized carbons (Fsp3) is 0. The summed E-state index contributed by atoms with van der Waals surface area (Å²) in [5.41, 5.74) is 0. The Morgan fingerprint density at radius 1 is 0.769 bits per heavy atom. The van der Waals surface area contributed by atoms with E-state index in [0.29, 0.717) is 0 Å². The summed E-state index contributed by atoms with van der Waals surface area (Å²) in [5.74, 6) is 0. The number of hydrogen-bond acceptors (Lipinski definition) is 2. The summed E-state index contributed by atoms with van der Waals surface area (Å²) in [6.07, 6.45) is 3.67. The minimum atomic E-state index is -0.375. The van der Waals surface area contributed by atoms with Crippen LogP contribution in [0.25, 0.3) is 0 Å². The van der Waals surface area contributed by atoms with Gasteiger partial charge < -0.3 is 0 Å². The van der Waals surface area contributed by atoms with Gasteiger partial charge in [-0.2, -0.15) is 0 Å². The van der Waals surface area contributed by atoms with E-state index in [9.17, 15) is 0 Å². The molecule has 0 amide bonds. The standard InChI is InChI=1S/C10H8N2Te/c1-3-7-11-9(5-1)13-10-6-2-4-8-12-10/h1-8H. The second-order valence-electron chi connectivity index (χ2n) is 2.44. The Labute approximate surface area is 87.1 Å². The number of aromatic nitrogens is 2. The van der Waals surface area contributed by atoms with E-state index in [2.05, 4.69) is 22.1 Å². The van der Waals surface area contributed by atoms with Gasteiger partial charge in [0.1, 0.15) is 0 Å². The van der Waals surface area contributed by atoms with Crippen LogP contribution in [0.15, 0.2) is 48.8 Å². The van der Waals surface area contributed by atoms with Crippen molar-refractivity contribution in [2.24, 2.45) is 0 Å². The van der Waals surface area contributed by atoms with Crippen molar-refractivity contribution >= 4 is 28.4 Å². The van der Waals surface area contributed by atoms with Gasteiger partial charge in [0.25, 0.3) is 0 Å². The van der Waals surface area contributed by atoms with Crippen LogP contribution in [0.5, 0.6) is 0 Å². The van der Waals surface area contributed by atoms with Gasteiger partial charge >= 0.3 is 87.2 Å². The van der Waals surface area contributed by atoms with Crippen LogP contribution in [-0.4, -0.2) is 30.9 Å². The third-order valence-corrected chi connectivity index (χ3v) is 4.06. The zero-order valence-electron chi connectivity index (χ0n) is 6.92. The van der Waals surface area contributed by atoms with Crippen molar-refractivity contribution in [1.29, 1.82) is 0 Å². The van der Waals surface area contributed by atoms with Gasteiger partial charge in [0, 0.05) is 0 Å². The summed E-state index contributed by atoms with van der Waals surface area (Å²) in [7, 11) is 0. The van der Waals surface area contributed by atoms with Crippen molar-refractivity contribution < 1.29 is 0 Å². The zero-order chi connectivity index (χ0) is 8.93. The first-order valence-electron chi connectivity index (χ1n) is 3.95. The van der Waals surface area contributed by atoms with Crippen LogP contribution in [0.2, 0.25) is 0 Å². The molecule has 0 aliphatic carbocycles. The Morgan fingerprint density at radius 2 is 1.31 bits per heavy atom. The minimum absolute atomic E-state index is 0.375. The summed E-state index contributed by atoms with van der Waals surface area (Å²) >= 11 is -0.375. The molecule has 0 spiro atoms. The van der Waals surface area contributed by atoms with Gasteiger partial charge in [-0.05, 0) is 0 Å². The van der Waals surface area contributed by atoms with Crippen molar-refractivity contribution in [2.45, 2.75) is 0 Å². The number of rotatable bonds is 2. The molecule has 0 saturated carbocycles. The van der Waals surface area contributed by atoms with Gasteiger partial charge in [-0.25, -0.2) is 0 Å². The van der Waals surface area contributed by atoms with E-state index in [1.165, 1.54) is 7.48 Å². The van der Waals surface area contributed by atoms with Crippen molar-refractivity contribution in [1.82, 2.24) is 9.97 Å². The predicted molar refractivity (Wildman–Crippen MR) is 53.5 cm³/mol. The molecule has 0 bridgehead atoms. The monoisotopic (exact) mass is 286 g/mol. The molecule has 64 valence electrons. The van der Waals surface area contributed by atoms with Crippen molar-refractivity contribution in [3.8, 4) is 0 Å². The van der Waals surface area contributed by atoms with Gasteiger partial charge in [-0.1, -0.05) is 0 Å². The summed E-state index contributed by atoms with van der Waals surface area (Å²) in [6, 6.07) is 12.1. The molecule has 0 aliphatic heterocycles. The molecule has 13 heavy (non-hydrogen) atoms. The normalized spacial score (nSPS) is 9.85. The fourth-order valence-electron chi connectivity index (χ4n) is 0.922. The molecule has 3 heteroatoms. The average Bonchev–Trinajstić information content (AvgIpc) is 2.21. The molecule has 0 radical (unpaired) electrons. The van der Waals surface area contributed by atoms with Crippen LogP contribution in [0.1, 0.15) is 0 Å². The maximum absolute atomic E-state index is 4.29. The first-order valence-corrected chi connectivity index (χ1v) is 6.28. The van der Waals surface area contributed by atoms with E-state index in [-0.39, 0.29) is 20.9 Å². The van der Waals surface area contributed by atoms with Crippen molar-refractivity contribution in [2.75, 3.05) is 0 Å². The Hall–Kier alpha value is -0.910. The zero-order valence-corrected chi connectivity index (χ0v) is 9.25. The van der Waals surface area contributed by atoms with E-state index >= 15 is 0 Å². The Bertz CT molecular complexity index is 324. The molecule has 0 unspecified atom stereocenters. The second kappa shape index (κ2) is 4.36. The summed E-state index contributed by atoms with van der Waals surface area (Å²) in [4.78, 5) is 8.58. The SMILES string of the molecule is c1ccc([Te]c2ccccn2)nc1. The first-order chi connectivity index (χ1) is 6.45. The Balaban J connectivity index is 2.16. The molecular weight excluding hydrogens is 276 g/mol. The number of nitrogens with zero attached hydrogens (tertiary/aromatic N) is 2. The molecule has 0 aliphatic rings. The molecule has 0 atom stereocenters. The van der Waals surface area contributed by atoms with Gasteiger partial charge in [0.05, 0.1) is 0 Å². The van der Waals surface area contributed by atoms with E-state index < -0.39 is 0 Å². The second-order valence-corrected chi connectivity index (χ2v) is 5.41. The third kappa shape index (κ3) is 2.51. The Morgan fingerprint density at radius 3 is 1.69 bits per heavy atom. The van der Waals surface area contributed by atoms with Gasteiger partial charge in [0.2, 0.25) is 0 Å². The van der Waals surface area contributed by atoms with Gasteiger partial charge in [-0.15, -0.1) is 0 Å². The van der Waals surface area contributed by atoms with Gasteiger partial charge in [-0.3, -0.25) is 0 Å². The maximum atomic E-state index is 4.29. The number of hydrogen-bond donors (Lipinski definition) is 0. The average molecular weight is 284 g/mol. The summed E-state index contributed by atoms with van der Waals surface area (Å²) < 4.78 is 2.37. The predicted octanol–water partition coefficient (Wildman–Crippen LogP) is 0.132. The molecule has 2 nitrogen and oxygen atoms in total. The van der Waals surface area contributed by atoms with Crippen LogP contribution >= 0.6 is 0 Å². The van der Waals surface area contributed by atoms with Crippen LogP contribution in [0.3, 0.4) is 0 Å².